The molecule has 0 aromatic carbocycles. The monoisotopic (exact) mass is 404 g/mol. The Morgan fingerprint density at radius 1 is 1.21 bits per heavy atom. The first-order valence-electron chi connectivity index (χ1n) is 10.6. The Balaban J connectivity index is 1.65. The first-order chi connectivity index (χ1) is 13.7. The van der Waals surface area contributed by atoms with Crippen LogP contribution in [0.4, 0.5) is 5.82 Å². The van der Waals surface area contributed by atoms with Crippen LogP contribution in [0.3, 0.4) is 0 Å². The average molecular weight is 405 g/mol. The second kappa shape index (κ2) is 10.6. The van der Waals surface area contributed by atoms with Crippen molar-refractivity contribution in [3.05, 3.63) is 6.20 Å². The first-order valence-corrected chi connectivity index (χ1v) is 11.6. The van der Waals surface area contributed by atoms with E-state index in [0.717, 1.165) is 47.1 Å². The first kappa shape index (κ1) is 20.9. The minimum Gasteiger partial charge on any atom is -0.369 e. The van der Waals surface area contributed by atoms with Gasteiger partial charge in [0.25, 0.3) is 0 Å². The predicted octanol–water partition coefficient (Wildman–Crippen LogP) is 3.85. The number of hydrogen-bond donors (Lipinski definition) is 2. The molecule has 0 spiro atoms. The summed E-state index contributed by atoms with van der Waals surface area (Å²) in [6.07, 6.45) is 9.51. The van der Waals surface area contributed by atoms with Gasteiger partial charge in [0.1, 0.15) is 5.82 Å². The van der Waals surface area contributed by atoms with Crippen LogP contribution >= 0.6 is 11.8 Å². The van der Waals surface area contributed by atoms with Crippen molar-refractivity contribution in [2.75, 3.05) is 24.2 Å². The molecule has 0 saturated heterocycles. The van der Waals surface area contributed by atoms with Gasteiger partial charge in [-0.15, -0.1) is 0 Å². The van der Waals surface area contributed by atoms with E-state index >= 15 is 0 Å². The molecule has 0 bridgehead atoms. The number of aromatic nitrogens is 4. The van der Waals surface area contributed by atoms with Crippen LogP contribution in [0.5, 0.6) is 0 Å². The van der Waals surface area contributed by atoms with E-state index in [0.29, 0.717) is 25.4 Å². The van der Waals surface area contributed by atoms with Crippen molar-refractivity contribution in [2.45, 2.75) is 70.5 Å². The quantitative estimate of drug-likeness (QED) is 0.437. The van der Waals surface area contributed by atoms with Crippen LogP contribution in [0.15, 0.2) is 11.4 Å². The van der Waals surface area contributed by atoms with Gasteiger partial charge >= 0.3 is 0 Å². The standard InChI is InChI=1S/C20H32N6OS/c1-3-9-22-18-16-14-23-26(19(16)25-20(24-18)28-12-4-2)11-10-21-17(27)13-15-7-5-6-8-15/h14-15H,3-13H2,1-2H3,(H,21,27)(H,22,24,25). The Labute approximate surface area is 171 Å². The van der Waals surface area contributed by atoms with Gasteiger partial charge in [0.05, 0.1) is 18.1 Å². The lowest BCUT2D eigenvalue weighted by molar-refractivity contribution is -0.122. The molecule has 0 aliphatic heterocycles. The summed E-state index contributed by atoms with van der Waals surface area (Å²) in [5.74, 6) is 2.57. The Bertz CT molecular complexity index is 771. The van der Waals surface area contributed by atoms with Crippen molar-refractivity contribution in [1.82, 2.24) is 25.1 Å². The van der Waals surface area contributed by atoms with Gasteiger partial charge in [-0.3, -0.25) is 4.79 Å². The molecule has 1 fully saturated rings. The lowest BCUT2D eigenvalue weighted by Gasteiger charge is -2.11. The number of amides is 1. The van der Waals surface area contributed by atoms with Crippen molar-refractivity contribution in [3.8, 4) is 0 Å². The van der Waals surface area contributed by atoms with Gasteiger partial charge < -0.3 is 10.6 Å². The van der Waals surface area contributed by atoms with E-state index in [1.165, 1.54) is 25.7 Å². The molecular formula is C20H32N6OS. The molecule has 1 saturated carbocycles. The van der Waals surface area contributed by atoms with Gasteiger partial charge in [0.2, 0.25) is 5.91 Å². The molecule has 8 heteroatoms. The molecular weight excluding hydrogens is 372 g/mol. The van der Waals surface area contributed by atoms with Crippen molar-refractivity contribution in [2.24, 2.45) is 5.92 Å². The maximum Gasteiger partial charge on any atom is 0.220 e. The second-order valence-corrected chi connectivity index (χ2v) is 8.50. The van der Waals surface area contributed by atoms with Crippen LogP contribution in [0.1, 0.15) is 58.8 Å². The number of nitrogens with zero attached hydrogens (tertiary/aromatic N) is 4. The van der Waals surface area contributed by atoms with Crippen LogP contribution in [0, 0.1) is 5.92 Å². The zero-order chi connectivity index (χ0) is 19.8. The molecule has 7 nitrogen and oxygen atoms in total. The highest BCUT2D eigenvalue weighted by molar-refractivity contribution is 7.99. The van der Waals surface area contributed by atoms with Gasteiger partial charge in [-0.25, -0.2) is 14.6 Å². The smallest absolute Gasteiger partial charge is 0.220 e. The summed E-state index contributed by atoms with van der Waals surface area (Å²) < 4.78 is 1.87. The highest BCUT2D eigenvalue weighted by Gasteiger charge is 2.18. The largest absolute Gasteiger partial charge is 0.369 e. The summed E-state index contributed by atoms with van der Waals surface area (Å²) >= 11 is 1.67. The molecule has 28 heavy (non-hydrogen) atoms. The Kier molecular flexibility index (Phi) is 7.94. The number of anilines is 1. The summed E-state index contributed by atoms with van der Waals surface area (Å²) in [6.45, 7) is 6.34. The van der Waals surface area contributed by atoms with E-state index in [2.05, 4.69) is 34.6 Å². The van der Waals surface area contributed by atoms with Crippen LogP contribution < -0.4 is 10.6 Å². The Morgan fingerprint density at radius 3 is 2.79 bits per heavy atom. The minimum absolute atomic E-state index is 0.155. The van der Waals surface area contributed by atoms with E-state index in [1.807, 2.05) is 10.9 Å². The van der Waals surface area contributed by atoms with Crippen LogP contribution in [0.2, 0.25) is 0 Å². The average Bonchev–Trinajstić information content (AvgIpc) is 3.34. The summed E-state index contributed by atoms with van der Waals surface area (Å²) in [7, 11) is 0. The van der Waals surface area contributed by atoms with Gasteiger partial charge in [-0.05, 0) is 31.6 Å². The minimum atomic E-state index is 0.155. The molecule has 0 unspecified atom stereocenters. The molecule has 2 aromatic heterocycles. The Hall–Kier alpha value is -1.83. The third-order valence-electron chi connectivity index (χ3n) is 5.05. The fraction of sp³-hybridized carbons (Fsp3) is 0.700. The fourth-order valence-corrected chi connectivity index (χ4v) is 4.28. The predicted molar refractivity (Wildman–Crippen MR) is 115 cm³/mol. The third-order valence-corrected chi connectivity index (χ3v) is 6.10. The molecule has 0 atom stereocenters. The summed E-state index contributed by atoms with van der Waals surface area (Å²) in [4.78, 5) is 21.6. The van der Waals surface area contributed by atoms with Gasteiger partial charge in [-0.2, -0.15) is 5.10 Å². The van der Waals surface area contributed by atoms with E-state index in [4.69, 9.17) is 4.98 Å². The molecule has 2 aromatic rings. The molecule has 2 heterocycles. The zero-order valence-electron chi connectivity index (χ0n) is 17.0. The van der Waals surface area contributed by atoms with Crippen molar-refractivity contribution in [1.29, 1.82) is 0 Å². The number of fused-ring (bicyclic) bond motifs is 1. The third kappa shape index (κ3) is 5.59. The molecule has 1 amide bonds. The maximum atomic E-state index is 12.2. The molecule has 1 aliphatic rings. The van der Waals surface area contributed by atoms with E-state index in [9.17, 15) is 4.79 Å². The lowest BCUT2D eigenvalue weighted by Crippen LogP contribution is -2.28. The van der Waals surface area contributed by atoms with Crippen LogP contribution in [-0.2, 0) is 11.3 Å². The normalized spacial score (nSPS) is 14.6. The number of carbonyl (C=O) groups is 1. The number of thioether (sulfide) groups is 1. The molecule has 1 aliphatic carbocycles. The van der Waals surface area contributed by atoms with Gasteiger partial charge in [-0.1, -0.05) is 38.5 Å². The van der Waals surface area contributed by atoms with Crippen LogP contribution in [-0.4, -0.2) is 44.5 Å². The zero-order valence-corrected chi connectivity index (χ0v) is 17.9. The topological polar surface area (TPSA) is 84.7 Å². The van der Waals surface area contributed by atoms with E-state index < -0.39 is 0 Å². The summed E-state index contributed by atoms with van der Waals surface area (Å²) in [5.41, 5.74) is 0.831. The van der Waals surface area contributed by atoms with E-state index in [1.54, 1.807) is 11.8 Å². The highest BCUT2D eigenvalue weighted by atomic mass is 32.2. The van der Waals surface area contributed by atoms with Gasteiger partial charge in [0.15, 0.2) is 10.8 Å². The maximum absolute atomic E-state index is 12.2. The molecule has 2 N–H and O–H groups in total. The second-order valence-electron chi connectivity index (χ2n) is 7.44. The van der Waals surface area contributed by atoms with E-state index in [-0.39, 0.29) is 5.91 Å². The SMILES string of the molecule is CCCNc1nc(SCCC)nc2c1cnn2CCNC(=O)CC1CCCC1. The highest BCUT2D eigenvalue weighted by Crippen LogP contribution is 2.27. The number of nitrogens with one attached hydrogen (secondary N) is 2. The molecule has 0 radical (unpaired) electrons. The number of hydrogen-bond acceptors (Lipinski definition) is 6. The van der Waals surface area contributed by atoms with Crippen LogP contribution in [0.25, 0.3) is 11.0 Å². The molecule has 154 valence electrons. The number of rotatable bonds is 11. The van der Waals surface area contributed by atoms with Crippen molar-refractivity contribution in [3.63, 3.8) is 0 Å². The Morgan fingerprint density at radius 2 is 2.04 bits per heavy atom. The van der Waals surface area contributed by atoms with Crippen molar-refractivity contribution >= 4 is 34.5 Å². The fourth-order valence-electron chi connectivity index (χ4n) is 3.59. The van der Waals surface area contributed by atoms with Crippen molar-refractivity contribution < 1.29 is 4.79 Å². The molecule has 3 rings (SSSR count). The summed E-state index contributed by atoms with van der Waals surface area (Å²) in [5, 5.41) is 12.7. The van der Waals surface area contributed by atoms with Gasteiger partial charge in [0, 0.05) is 25.3 Å². The number of carbonyl (C=O) groups excluding carboxylic acids is 1. The lowest BCUT2D eigenvalue weighted by atomic mass is 10.0. The summed E-state index contributed by atoms with van der Waals surface area (Å²) in [6, 6.07) is 0.